The van der Waals surface area contributed by atoms with Crippen LogP contribution in [0.1, 0.15) is 2.85 Å². The van der Waals surface area contributed by atoms with Crippen molar-refractivity contribution >= 4 is 11.9 Å². The molecule has 0 spiro atoms. The fourth-order valence-electron chi connectivity index (χ4n) is 0.270. The van der Waals surface area contributed by atoms with Crippen LogP contribution in [-0.2, 0) is 9.59 Å². The van der Waals surface area contributed by atoms with Crippen molar-refractivity contribution in [1.29, 1.82) is 0 Å². The molecule has 0 aliphatic rings. The number of rotatable bonds is 3. The van der Waals surface area contributed by atoms with Crippen LogP contribution in [0.3, 0.4) is 0 Å². The Morgan fingerprint density at radius 1 is 0.875 bits per heavy atom. The minimum atomic E-state index is -2.27. The Kier molecular flexibility index (Phi) is 46.9. The molecule has 0 bridgehead atoms. The number of carboxylic acids is 2. The van der Waals surface area contributed by atoms with E-state index < -0.39 is 24.1 Å². The van der Waals surface area contributed by atoms with Crippen molar-refractivity contribution in [3.05, 3.63) is 13.2 Å². The summed E-state index contributed by atoms with van der Waals surface area (Å²) in [6, 6.07) is 0. The summed E-state index contributed by atoms with van der Waals surface area (Å²) in [5.74, 6) is -3.54. The Hall–Kier alpha value is 0.520. The predicted molar refractivity (Wildman–Crippen MR) is 50.8 cm³/mol. The Balaban J connectivity index is -0.0000000198. The molecule has 0 amide bonds. The maximum atomic E-state index is 9.77. The molecule has 0 aromatic carbocycles. The van der Waals surface area contributed by atoms with Crippen molar-refractivity contribution in [3.63, 3.8) is 0 Å². The van der Waals surface area contributed by atoms with Crippen LogP contribution in [-0.4, -0.2) is 44.6 Å². The van der Waals surface area contributed by atoms with Gasteiger partial charge in [0.1, 0.15) is 0 Å². The third-order valence-corrected chi connectivity index (χ3v) is 0.805. The molecule has 0 rings (SSSR count). The number of hydrogen-bond acceptors (Lipinski definition) is 6. The molecule has 8 nitrogen and oxygen atoms in total. The van der Waals surface area contributed by atoms with Gasteiger partial charge in [0.2, 0.25) is 0 Å². The summed E-state index contributed by atoms with van der Waals surface area (Å²) in [5.41, 5.74) is 0. The number of carbonyl (C=O) groups is 2. The van der Waals surface area contributed by atoms with E-state index in [1.807, 2.05) is 0 Å². The van der Waals surface area contributed by atoms with Gasteiger partial charge in [-0.1, -0.05) is 0 Å². The smallest absolute Gasteiger partial charge is 1.00 e. The van der Waals surface area contributed by atoms with E-state index in [9.17, 15) is 9.59 Å². The van der Waals surface area contributed by atoms with Gasteiger partial charge < -0.3 is 35.6 Å². The van der Waals surface area contributed by atoms with Crippen LogP contribution in [0.25, 0.3) is 0 Å². The molecule has 0 aromatic rings. The topological polar surface area (TPSA) is 185 Å². The van der Waals surface area contributed by atoms with Crippen molar-refractivity contribution in [3.8, 4) is 0 Å². The zero-order chi connectivity index (χ0) is 10.3. The molecule has 0 aliphatic heterocycles. The molecule has 0 radical (unpaired) electrons. The molecule has 0 aliphatic carbocycles. The summed E-state index contributed by atoms with van der Waals surface area (Å²) < 4.78 is 0. The molecule has 0 saturated carbocycles. The Morgan fingerprint density at radius 3 is 1.06 bits per heavy atom. The Labute approximate surface area is 140 Å². The van der Waals surface area contributed by atoms with E-state index in [4.69, 9.17) is 20.4 Å². The van der Waals surface area contributed by atoms with Gasteiger partial charge >= 0.3 is 71.1 Å². The average molecular weight is 260 g/mol. The summed E-state index contributed by atoms with van der Waals surface area (Å²) in [6.45, 7) is 6.00. The monoisotopic (exact) mass is 260 g/mol. The molecule has 0 heterocycles. The predicted octanol–water partition coefficient (Wildman–Crippen LogP) is -6.76. The molecule has 0 aromatic heterocycles. The minimum Gasteiger partial charge on any atom is -1.00 e. The molecule has 2 atom stereocenters. The second kappa shape index (κ2) is 20.9. The summed E-state index contributed by atoms with van der Waals surface area (Å²) in [6.07, 6.45) is -4.53. The van der Waals surface area contributed by atoms with Crippen molar-refractivity contribution in [2.75, 3.05) is 0 Å². The van der Waals surface area contributed by atoms with E-state index >= 15 is 0 Å². The van der Waals surface area contributed by atoms with Crippen LogP contribution in [0, 0.1) is 0 Å². The largest absolute Gasteiger partial charge is 1.00 e. The number of hydrogen-bond donors (Lipinski definition) is 6. The third-order valence-electron chi connectivity index (χ3n) is 0.805. The average Bonchev–Trinajstić information content (AvgIpc) is 2.05. The molecule has 10 N–H and O–H groups in total. The Morgan fingerprint density at radius 2 is 1.00 bits per heavy atom. The van der Waals surface area contributed by atoms with E-state index in [-0.39, 0.29) is 74.3 Å². The van der Waals surface area contributed by atoms with Gasteiger partial charge in [0.15, 0.2) is 12.2 Å². The van der Waals surface area contributed by atoms with Gasteiger partial charge in [-0.3, -0.25) is 0 Å². The first-order chi connectivity index (χ1) is 5.46. The van der Waals surface area contributed by atoms with E-state index in [1.54, 1.807) is 0 Å². The van der Waals surface area contributed by atoms with Crippen LogP contribution >= 0.6 is 0 Å². The van der Waals surface area contributed by atoms with Crippen LogP contribution in [0.4, 0.5) is 0 Å². The molecule has 90 valence electrons. The second-order valence-corrected chi connectivity index (χ2v) is 1.57. The maximum absolute atomic E-state index is 9.77. The van der Waals surface area contributed by atoms with Gasteiger partial charge in [-0.25, -0.2) is 9.59 Å². The molecule has 0 fully saturated rings. The van der Waals surface area contributed by atoms with Crippen molar-refractivity contribution in [1.82, 2.24) is 12.3 Å². The summed E-state index contributed by atoms with van der Waals surface area (Å²) in [7, 11) is 0. The molecule has 10 heteroatoms. The zero-order valence-electron chi connectivity index (χ0n) is 11.6. The number of carboxylic acid groups (broad SMARTS) is 2. The van der Waals surface area contributed by atoms with Gasteiger partial charge in [-0.2, -0.15) is 0 Å². The van der Waals surface area contributed by atoms with Crippen molar-refractivity contribution in [2.45, 2.75) is 12.2 Å². The normalized spacial score (nSPS) is 10.1. The number of aliphatic hydroxyl groups is 2. The van der Waals surface area contributed by atoms with Crippen molar-refractivity contribution in [2.24, 2.45) is 0 Å². The first-order valence-corrected chi connectivity index (χ1v) is 2.78. The Bertz CT molecular complexity index is 173. The second-order valence-electron chi connectivity index (χ2n) is 1.57. The fourth-order valence-corrected chi connectivity index (χ4v) is 0.270. The number of aliphatic hydroxyl groups excluding tert-OH is 2. The minimum absolute atomic E-state index is 0. The summed E-state index contributed by atoms with van der Waals surface area (Å²) in [5, 5.41) is 32.5. The van der Waals surface area contributed by atoms with Crippen LogP contribution in [0.15, 0.2) is 13.2 Å². The first kappa shape index (κ1) is 36.0. The zero-order valence-corrected chi connectivity index (χ0v) is 13.6. The molecular weight excluding hydrogens is 242 g/mol. The van der Waals surface area contributed by atoms with Gasteiger partial charge in [0.25, 0.3) is 0 Å². The maximum Gasteiger partial charge on any atom is 1.00 e. The molecule has 0 saturated heterocycles. The molecular formula is C6H18N2Na2O6. The summed E-state index contributed by atoms with van der Waals surface area (Å²) in [4.78, 5) is 19.5. The van der Waals surface area contributed by atoms with Gasteiger partial charge in [0, 0.05) is 0 Å². The summed E-state index contributed by atoms with van der Waals surface area (Å²) >= 11 is 0. The SMILES string of the molecule is C=C.N.N.O=C(O)C(O)C(O)C(=O)O.[H-].[H-].[Na+].[Na+]. The fraction of sp³-hybridized carbons (Fsp3) is 0.333. The first-order valence-electron chi connectivity index (χ1n) is 2.78. The van der Waals surface area contributed by atoms with Crippen LogP contribution in [0.2, 0.25) is 0 Å². The van der Waals surface area contributed by atoms with Crippen molar-refractivity contribution < 1.29 is 92.0 Å². The molecule has 16 heavy (non-hydrogen) atoms. The van der Waals surface area contributed by atoms with E-state index in [0.29, 0.717) is 0 Å². The third kappa shape index (κ3) is 16.9. The molecule has 2 unspecified atom stereocenters. The van der Waals surface area contributed by atoms with Crippen LogP contribution < -0.4 is 71.4 Å². The standard InChI is InChI=1S/C4H6O6.C2H4.2H3N.2Na.2H/c5-1(3(7)8)2(6)4(9)10;1-2;;;;;;/h1-2,5-6H,(H,7,8)(H,9,10);1-2H2;2*1H3;;;;/q;;;;2*+1;2*-1. The van der Waals surface area contributed by atoms with Gasteiger partial charge in [-0.05, 0) is 0 Å². The van der Waals surface area contributed by atoms with E-state index in [2.05, 4.69) is 13.2 Å². The van der Waals surface area contributed by atoms with Crippen LogP contribution in [0.5, 0.6) is 0 Å². The quantitative estimate of drug-likeness (QED) is 0.213. The van der Waals surface area contributed by atoms with Gasteiger partial charge in [0.05, 0.1) is 0 Å². The van der Waals surface area contributed by atoms with E-state index in [1.165, 1.54) is 0 Å². The number of aliphatic carboxylic acids is 2. The van der Waals surface area contributed by atoms with Gasteiger partial charge in [-0.15, -0.1) is 13.2 Å². The van der Waals surface area contributed by atoms with E-state index in [0.717, 1.165) is 0 Å².